The number of rotatable bonds is 7. The quantitative estimate of drug-likeness (QED) is 0.637. The van der Waals surface area contributed by atoms with E-state index in [9.17, 15) is 18.0 Å². The maximum absolute atomic E-state index is 12.6. The van der Waals surface area contributed by atoms with E-state index >= 15 is 0 Å². The van der Waals surface area contributed by atoms with Crippen molar-refractivity contribution < 1.29 is 27.5 Å². The van der Waals surface area contributed by atoms with Gasteiger partial charge in [0.2, 0.25) is 0 Å². The third-order valence-electron chi connectivity index (χ3n) is 5.13. The van der Waals surface area contributed by atoms with Gasteiger partial charge in [-0.2, -0.15) is 0 Å². The van der Waals surface area contributed by atoms with Crippen LogP contribution in [0, 0.1) is 20.8 Å². The molecule has 0 radical (unpaired) electrons. The first-order valence-corrected chi connectivity index (χ1v) is 11.4. The number of esters is 1. The summed E-state index contributed by atoms with van der Waals surface area (Å²) in [5.41, 5.74) is 2.98. The molecule has 2 fully saturated rings. The van der Waals surface area contributed by atoms with Crippen LogP contribution in [-0.2, 0) is 24.2 Å². The molecule has 1 saturated carbocycles. The van der Waals surface area contributed by atoms with Crippen molar-refractivity contribution in [2.75, 3.05) is 24.7 Å². The number of carbonyl (C=O) groups excluding carboxylic acids is 2. The normalized spacial score (nSPS) is 20.6. The van der Waals surface area contributed by atoms with Gasteiger partial charge in [-0.25, -0.2) is 13.2 Å². The van der Waals surface area contributed by atoms with Crippen molar-refractivity contribution in [2.24, 2.45) is 0 Å². The zero-order chi connectivity index (χ0) is 20.5. The van der Waals surface area contributed by atoms with Crippen molar-refractivity contribution in [1.29, 1.82) is 0 Å². The van der Waals surface area contributed by atoms with Crippen molar-refractivity contribution in [1.82, 2.24) is 4.90 Å². The van der Waals surface area contributed by atoms with Crippen LogP contribution in [0.2, 0.25) is 0 Å². The highest BCUT2D eigenvalue weighted by molar-refractivity contribution is 7.91. The molecule has 0 aromatic heterocycles. The maximum Gasteiger partial charge on any atom is 0.344 e. The molecular formula is C20H27NO6S. The van der Waals surface area contributed by atoms with Crippen molar-refractivity contribution >= 4 is 21.7 Å². The van der Waals surface area contributed by atoms with Gasteiger partial charge in [0, 0.05) is 12.1 Å². The second kappa shape index (κ2) is 8.11. The molecule has 0 unspecified atom stereocenters. The fourth-order valence-electron chi connectivity index (χ4n) is 3.84. The van der Waals surface area contributed by atoms with Crippen LogP contribution in [0.3, 0.4) is 0 Å². The number of benzene rings is 1. The number of aryl methyl sites for hydroxylation is 3. The number of carbonyl (C=O) groups is 2. The van der Waals surface area contributed by atoms with Crippen LogP contribution in [0.25, 0.3) is 0 Å². The van der Waals surface area contributed by atoms with Crippen LogP contribution in [0.4, 0.5) is 0 Å². The zero-order valence-corrected chi connectivity index (χ0v) is 17.4. The van der Waals surface area contributed by atoms with Crippen LogP contribution in [-0.4, -0.2) is 62.0 Å². The topological polar surface area (TPSA) is 90.0 Å². The van der Waals surface area contributed by atoms with E-state index in [2.05, 4.69) is 0 Å². The van der Waals surface area contributed by atoms with Crippen LogP contribution < -0.4 is 4.74 Å². The van der Waals surface area contributed by atoms with E-state index in [1.807, 2.05) is 32.9 Å². The molecule has 1 aromatic rings. The minimum Gasteiger partial charge on any atom is -0.481 e. The minimum atomic E-state index is -3.08. The summed E-state index contributed by atoms with van der Waals surface area (Å²) in [6.45, 7) is 5.14. The summed E-state index contributed by atoms with van der Waals surface area (Å²) in [6, 6.07) is 3.71. The Morgan fingerprint density at radius 2 is 1.68 bits per heavy atom. The summed E-state index contributed by atoms with van der Waals surface area (Å²) in [6.07, 6.45) is 2.18. The van der Waals surface area contributed by atoms with E-state index < -0.39 is 15.8 Å². The van der Waals surface area contributed by atoms with Gasteiger partial charge in [0.25, 0.3) is 5.91 Å². The van der Waals surface area contributed by atoms with E-state index in [4.69, 9.17) is 9.47 Å². The van der Waals surface area contributed by atoms with E-state index in [0.29, 0.717) is 12.2 Å². The number of hydrogen-bond donors (Lipinski definition) is 0. The molecule has 8 heteroatoms. The number of nitrogens with zero attached hydrogens (tertiary/aromatic N) is 1. The number of ether oxygens (including phenoxy) is 2. The van der Waals surface area contributed by atoms with Gasteiger partial charge >= 0.3 is 5.97 Å². The van der Waals surface area contributed by atoms with Gasteiger partial charge in [-0.3, -0.25) is 4.79 Å². The van der Waals surface area contributed by atoms with E-state index in [1.54, 1.807) is 4.90 Å². The van der Waals surface area contributed by atoms with Gasteiger partial charge in [0.1, 0.15) is 5.75 Å². The van der Waals surface area contributed by atoms with Gasteiger partial charge in [0.15, 0.2) is 23.1 Å². The molecule has 1 heterocycles. The highest BCUT2D eigenvalue weighted by Gasteiger charge is 2.42. The van der Waals surface area contributed by atoms with Gasteiger partial charge < -0.3 is 14.4 Å². The molecule has 7 nitrogen and oxygen atoms in total. The molecule has 0 N–H and O–H groups in total. The fraction of sp³-hybridized carbons (Fsp3) is 0.600. The Bertz CT molecular complexity index is 852. The van der Waals surface area contributed by atoms with Crippen LogP contribution in [0.1, 0.15) is 36.0 Å². The molecule has 2 aliphatic rings. The summed E-state index contributed by atoms with van der Waals surface area (Å²) in [4.78, 5) is 26.2. The lowest BCUT2D eigenvalue weighted by molar-refractivity contribution is -0.154. The largest absolute Gasteiger partial charge is 0.481 e. The molecule has 154 valence electrons. The first kappa shape index (κ1) is 20.6. The molecule has 0 bridgehead atoms. The summed E-state index contributed by atoms with van der Waals surface area (Å²) in [5, 5.41) is 0. The van der Waals surface area contributed by atoms with Crippen molar-refractivity contribution in [2.45, 2.75) is 52.1 Å². The van der Waals surface area contributed by atoms with Crippen LogP contribution >= 0.6 is 0 Å². The van der Waals surface area contributed by atoms with Crippen molar-refractivity contribution in [3.8, 4) is 5.75 Å². The number of hydrogen-bond acceptors (Lipinski definition) is 6. The average Bonchev–Trinajstić information content (AvgIpc) is 3.35. The molecule has 3 rings (SSSR count). The molecule has 1 aliphatic carbocycles. The smallest absolute Gasteiger partial charge is 0.344 e. The van der Waals surface area contributed by atoms with Gasteiger partial charge in [0.05, 0.1) is 11.5 Å². The Labute approximate surface area is 165 Å². The fourth-order valence-corrected chi connectivity index (χ4v) is 5.55. The van der Waals surface area contributed by atoms with Crippen molar-refractivity contribution in [3.63, 3.8) is 0 Å². The third kappa shape index (κ3) is 5.04. The Hall–Kier alpha value is -2.09. The van der Waals surface area contributed by atoms with Crippen LogP contribution in [0.15, 0.2) is 12.1 Å². The molecule has 1 aliphatic heterocycles. The maximum atomic E-state index is 12.6. The summed E-state index contributed by atoms with van der Waals surface area (Å²) in [5.74, 6) is -0.206. The lowest BCUT2D eigenvalue weighted by Gasteiger charge is -2.28. The molecule has 0 spiro atoms. The second-order valence-corrected chi connectivity index (χ2v) is 9.99. The standard InChI is InChI=1S/C20H27NO6S/c1-13-8-14(2)20(15(3)9-13)27-11-19(23)26-10-18(22)21(16-4-5-16)17-6-7-28(24,25)12-17/h8-9,16-17H,4-7,10-12H2,1-3H3/t17-/m1/s1. The predicted octanol–water partition coefficient (Wildman–Crippen LogP) is 1.71. The Morgan fingerprint density at radius 3 is 2.21 bits per heavy atom. The summed E-state index contributed by atoms with van der Waals surface area (Å²) < 4.78 is 34.1. The SMILES string of the molecule is Cc1cc(C)c(OCC(=O)OCC(=O)N(C2CC2)[C@@H]2CCS(=O)(=O)C2)c(C)c1. The number of amides is 1. The highest BCUT2D eigenvalue weighted by Crippen LogP contribution is 2.32. The Morgan fingerprint density at radius 1 is 1.04 bits per heavy atom. The van der Waals surface area contributed by atoms with E-state index in [1.165, 1.54) is 0 Å². The lowest BCUT2D eigenvalue weighted by atomic mass is 10.1. The molecule has 28 heavy (non-hydrogen) atoms. The molecule has 1 atom stereocenters. The van der Waals surface area contributed by atoms with Gasteiger partial charge in [-0.05, 0) is 51.2 Å². The zero-order valence-electron chi connectivity index (χ0n) is 16.6. The first-order chi connectivity index (χ1) is 13.2. The highest BCUT2D eigenvalue weighted by atomic mass is 32.2. The van der Waals surface area contributed by atoms with Crippen molar-refractivity contribution in [3.05, 3.63) is 28.8 Å². The second-order valence-electron chi connectivity index (χ2n) is 7.77. The number of sulfone groups is 1. The summed E-state index contributed by atoms with van der Waals surface area (Å²) >= 11 is 0. The lowest BCUT2D eigenvalue weighted by Crippen LogP contribution is -2.45. The van der Waals surface area contributed by atoms with E-state index in [-0.39, 0.29) is 42.7 Å². The van der Waals surface area contributed by atoms with Gasteiger partial charge in [-0.15, -0.1) is 0 Å². The minimum absolute atomic E-state index is 0.00171. The van der Waals surface area contributed by atoms with Crippen LogP contribution in [0.5, 0.6) is 5.75 Å². The molecule has 1 saturated heterocycles. The molecule has 1 amide bonds. The predicted molar refractivity (Wildman–Crippen MR) is 104 cm³/mol. The monoisotopic (exact) mass is 409 g/mol. The summed E-state index contributed by atoms with van der Waals surface area (Å²) in [7, 11) is -3.08. The Kier molecular flexibility index (Phi) is 5.98. The van der Waals surface area contributed by atoms with E-state index in [0.717, 1.165) is 29.5 Å². The third-order valence-corrected chi connectivity index (χ3v) is 6.88. The average molecular weight is 410 g/mol. The van der Waals surface area contributed by atoms with Gasteiger partial charge in [-0.1, -0.05) is 17.7 Å². The molecule has 1 aromatic carbocycles. The molecular weight excluding hydrogens is 382 g/mol. The first-order valence-electron chi connectivity index (χ1n) is 9.54. The Balaban J connectivity index is 1.52.